The Bertz CT molecular complexity index is 681. The number of ether oxygens (including phenoxy) is 2. The molecule has 0 amide bonds. The molecule has 25 heavy (non-hydrogen) atoms. The van der Waals surface area contributed by atoms with E-state index in [-0.39, 0.29) is 6.10 Å². The van der Waals surface area contributed by atoms with Crippen LogP contribution in [0.4, 0.5) is 0 Å². The molecule has 0 radical (unpaired) electrons. The molecule has 2 aromatic heterocycles. The van der Waals surface area contributed by atoms with Crippen molar-refractivity contribution in [2.75, 3.05) is 40.0 Å². The van der Waals surface area contributed by atoms with Gasteiger partial charge >= 0.3 is 0 Å². The third-order valence-electron chi connectivity index (χ3n) is 4.10. The molecule has 136 valence electrons. The van der Waals surface area contributed by atoms with Crippen LogP contribution in [0.3, 0.4) is 0 Å². The maximum absolute atomic E-state index is 5.75. The highest BCUT2D eigenvalue weighted by Gasteiger charge is 2.15. The molecule has 0 spiro atoms. The number of pyridine rings is 1. The summed E-state index contributed by atoms with van der Waals surface area (Å²) in [6.07, 6.45) is 4.97. The first-order valence-corrected chi connectivity index (χ1v) is 8.79. The van der Waals surface area contributed by atoms with E-state index in [4.69, 9.17) is 9.47 Å². The minimum atomic E-state index is 0.274. The largest absolute Gasteiger partial charge is 0.379 e. The van der Waals surface area contributed by atoms with Crippen molar-refractivity contribution >= 4 is 11.6 Å². The fraction of sp³-hybridized carbons (Fsp3) is 0.588. The van der Waals surface area contributed by atoms with E-state index in [0.717, 1.165) is 69.6 Å². The summed E-state index contributed by atoms with van der Waals surface area (Å²) < 4.78 is 13.0. The van der Waals surface area contributed by atoms with Crippen molar-refractivity contribution in [3.05, 3.63) is 30.2 Å². The van der Waals surface area contributed by atoms with Crippen LogP contribution in [0.5, 0.6) is 0 Å². The second-order valence-electron chi connectivity index (χ2n) is 5.93. The Morgan fingerprint density at radius 1 is 1.36 bits per heavy atom. The summed E-state index contributed by atoms with van der Waals surface area (Å²) in [6.45, 7) is 3.85. The SMILES string of the molecule is CN=C(NCCCOC1CCOC1)NCCc1nnc2ccccn12. The molecule has 0 aromatic carbocycles. The predicted octanol–water partition coefficient (Wildman–Crippen LogP) is 0.632. The van der Waals surface area contributed by atoms with Crippen LogP contribution in [0.1, 0.15) is 18.7 Å². The minimum absolute atomic E-state index is 0.274. The molecule has 0 bridgehead atoms. The van der Waals surface area contributed by atoms with Gasteiger partial charge in [0.25, 0.3) is 0 Å². The first-order valence-electron chi connectivity index (χ1n) is 8.79. The molecule has 2 aromatic rings. The number of nitrogens with zero attached hydrogens (tertiary/aromatic N) is 4. The molecule has 3 rings (SSSR count). The van der Waals surface area contributed by atoms with Crippen LogP contribution in [-0.4, -0.2) is 66.6 Å². The maximum atomic E-state index is 5.75. The van der Waals surface area contributed by atoms with Crippen LogP contribution >= 0.6 is 0 Å². The molecule has 8 heteroatoms. The zero-order valence-corrected chi connectivity index (χ0v) is 14.6. The average Bonchev–Trinajstić information content (AvgIpc) is 3.30. The van der Waals surface area contributed by atoms with Gasteiger partial charge < -0.3 is 20.1 Å². The third kappa shape index (κ3) is 5.14. The number of rotatable bonds is 8. The van der Waals surface area contributed by atoms with Gasteiger partial charge in [0.1, 0.15) is 5.82 Å². The first-order chi connectivity index (χ1) is 12.4. The van der Waals surface area contributed by atoms with Crippen LogP contribution in [0.15, 0.2) is 29.4 Å². The number of aliphatic imine (C=N–C) groups is 1. The lowest BCUT2D eigenvalue weighted by atomic mass is 10.3. The third-order valence-corrected chi connectivity index (χ3v) is 4.10. The van der Waals surface area contributed by atoms with E-state index in [1.165, 1.54) is 0 Å². The van der Waals surface area contributed by atoms with Gasteiger partial charge in [0, 0.05) is 46.0 Å². The van der Waals surface area contributed by atoms with Gasteiger partial charge in [-0.25, -0.2) is 0 Å². The van der Waals surface area contributed by atoms with Crippen molar-refractivity contribution in [3.8, 4) is 0 Å². The fourth-order valence-electron chi connectivity index (χ4n) is 2.75. The number of hydrogen-bond donors (Lipinski definition) is 2. The normalized spacial score (nSPS) is 18.0. The Balaban J connectivity index is 1.32. The molecule has 1 fully saturated rings. The molecule has 3 heterocycles. The van der Waals surface area contributed by atoms with Gasteiger partial charge in [-0.2, -0.15) is 0 Å². The Hall–Kier alpha value is -2.19. The van der Waals surface area contributed by atoms with Gasteiger partial charge in [0.15, 0.2) is 11.6 Å². The molecule has 2 N–H and O–H groups in total. The number of guanidine groups is 1. The summed E-state index contributed by atoms with van der Waals surface area (Å²) >= 11 is 0. The van der Waals surface area contributed by atoms with Gasteiger partial charge in [-0.1, -0.05) is 6.07 Å². The van der Waals surface area contributed by atoms with Gasteiger partial charge in [0.2, 0.25) is 0 Å². The summed E-state index contributed by atoms with van der Waals surface area (Å²) in [7, 11) is 1.77. The fourth-order valence-corrected chi connectivity index (χ4v) is 2.75. The van der Waals surface area contributed by atoms with Crippen LogP contribution in [0.25, 0.3) is 5.65 Å². The van der Waals surface area contributed by atoms with Crippen LogP contribution in [0.2, 0.25) is 0 Å². The summed E-state index contributed by atoms with van der Waals surface area (Å²) in [5.41, 5.74) is 0.868. The van der Waals surface area contributed by atoms with Crippen molar-refractivity contribution in [3.63, 3.8) is 0 Å². The lowest BCUT2D eigenvalue weighted by Gasteiger charge is -2.13. The van der Waals surface area contributed by atoms with Crippen LogP contribution < -0.4 is 10.6 Å². The molecule has 0 aliphatic carbocycles. The number of hydrogen-bond acceptors (Lipinski definition) is 5. The molecule has 1 unspecified atom stereocenters. The van der Waals surface area contributed by atoms with Crippen LogP contribution in [-0.2, 0) is 15.9 Å². The standard InChI is InChI=1S/C17H26N6O2/c1-18-17(19-8-4-11-25-14-7-12-24-13-14)20-9-6-16-22-21-15-5-2-3-10-23(15)16/h2-3,5,10,14H,4,6-9,11-13H2,1H3,(H2,18,19,20). The predicted molar refractivity (Wildman–Crippen MR) is 95.8 cm³/mol. The second-order valence-corrected chi connectivity index (χ2v) is 5.93. The Kier molecular flexibility index (Phi) is 6.58. The van der Waals surface area contributed by atoms with Crippen molar-refractivity contribution in [1.82, 2.24) is 25.2 Å². The lowest BCUT2D eigenvalue weighted by Crippen LogP contribution is -2.39. The number of fused-ring (bicyclic) bond motifs is 1. The van der Waals surface area contributed by atoms with E-state index in [1.54, 1.807) is 7.05 Å². The van der Waals surface area contributed by atoms with Crippen molar-refractivity contribution in [2.45, 2.75) is 25.4 Å². The molecule has 1 aliphatic heterocycles. The van der Waals surface area contributed by atoms with E-state index >= 15 is 0 Å². The summed E-state index contributed by atoms with van der Waals surface area (Å²) in [4.78, 5) is 4.24. The van der Waals surface area contributed by atoms with Crippen molar-refractivity contribution in [2.24, 2.45) is 4.99 Å². The summed E-state index contributed by atoms with van der Waals surface area (Å²) in [6, 6.07) is 5.89. The summed E-state index contributed by atoms with van der Waals surface area (Å²) in [5, 5.41) is 15.0. The van der Waals surface area contributed by atoms with E-state index < -0.39 is 0 Å². The molecule has 1 aliphatic rings. The van der Waals surface area contributed by atoms with Gasteiger partial charge in [-0.05, 0) is 25.0 Å². The first kappa shape index (κ1) is 17.6. The lowest BCUT2D eigenvalue weighted by molar-refractivity contribution is 0.0420. The molecule has 1 saturated heterocycles. The number of aromatic nitrogens is 3. The Morgan fingerprint density at radius 2 is 2.28 bits per heavy atom. The summed E-state index contributed by atoms with van der Waals surface area (Å²) in [5.74, 6) is 1.73. The van der Waals surface area contributed by atoms with Crippen molar-refractivity contribution < 1.29 is 9.47 Å². The molecular formula is C17H26N6O2. The topological polar surface area (TPSA) is 85.1 Å². The highest BCUT2D eigenvalue weighted by Crippen LogP contribution is 2.07. The average molecular weight is 346 g/mol. The zero-order chi connectivity index (χ0) is 17.3. The quantitative estimate of drug-likeness (QED) is 0.414. The maximum Gasteiger partial charge on any atom is 0.190 e. The smallest absolute Gasteiger partial charge is 0.190 e. The van der Waals surface area contributed by atoms with E-state index in [9.17, 15) is 0 Å². The highest BCUT2D eigenvalue weighted by molar-refractivity contribution is 5.79. The second kappa shape index (κ2) is 9.33. The molecule has 8 nitrogen and oxygen atoms in total. The van der Waals surface area contributed by atoms with E-state index in [2.05, 4.69) is 25.8 Å². The minimum Gasteiger partial charge on any atom is -0.379 e. The Labute approximate surface area is 147 Å². The van der Waals surface area contributed by atoms with E-state index in [1.807, 2.05) is 28.8 Å². The highest BCUT2D eigenvalue weighted by atomic mass is 16.5. The molecular weight excluding hydrogens is 320 g/mol. The van der Waals surface area contributed by atoms with Gasteiger partial charge in [-0.3, -0.25) is 9.39 Å². The Morgan fingerprint density at radius 3 is 3.12 bits per heavy atom. The number of nitrogens with one attached hydrogen (secondary N) is 2. The molecule has 1 atom stereocenters. The van der Waals surface area contributed by atoms with Gasteiger partial charge in [-0.15, -0.1) is 10.2 Å². The van der Waals surface area contributed by atoms with E-state index in [0.29, 0.717) is 0 Å². The van der Waals surface area contributed by atoms with Crippen molar-refractivity contribution in [1.29, 1.82) is 0 Å². The monoisotopic (exact) mass is 346 g/mol. The molecule has 0 saturated carbocycles. The zero-order valence-electron chi connectivity index (χ0n) is 14.6. The van der Waals surface area contributed by atoms with Gasteiger partial charge in [0.05, 0.1) is 12.7 Å². The van der Waals surface area contributed by atoms with Crippen LogP contribution in [0, 0.1) is 0 Å².